The lowest BCUT2D eigenvalue weighted by molar-refractivity contribution is 0.0869. The summed E-state index contributed by atoms with van der Waals surface area (Å²) >= 11 is 4.13. The van der Waals surface area contributed by atoms with Gasteiger partial charge in [-0.1, -0.05) is 25.0 Å². The number of hydrogen-bond donors (Lipinski definition) is 1. The molecule has 1 aliphatic heterocycles. The quantitative estimate of drug-likeness (QED) is 0.648. The molecule has 0 saturated heterocycles. The second-order valence-electron chi connectivity index (χ2n) is 4.52. The fraction of sp³-hybridized carbons (Fsp3) is 0.462. The van der Waals surface area contributed by atoms with E-state index in [4.69, 9.17) is 0 Å². The fourth-order valence-electron chi connectivity index (χ4n) is 2.17. The average molecular weight is 299 g/mol. The van der Waals surface area contributed by atoms with Crippen LogP contribution in [0.2, 0.25) is 0 Å². The lowest BCUT2D eigenvalue weighted by Gasteiger charge is -2.14. The first kappa shape index (κ1) is 14.4. The summed E-state index contributed by atoms with van der Waals surface area (Å²) in [7, 11) is -3.62. The van der Waals surface area contributed by atoms with E-state index >= 15 is 0 Å². The van der Waals surface area contributed by atoms with E-state index in [1.807, 2.05) is 0 Å². The molecule has 1 amide bonds. The minimum absolute atomic E-state index is 0.135. The van der Waals surface area contributed by atoms with Gasteiger partial charge in [0.05, 0.1) is 5.56 Å². The summed E-state index contributed by atoms with van der Waals surface area (Å²) in [5, 5.41) is 0. The van der Waals surface area contributed by atoms with Gasteiger partial charge in [-0.2, -0.15) is 12.6 Å². The van der Waals surface area contributed by atoms with Crippen molar-refractivity contribution in [3.05, 3.63) is 29.8 Å². The monoisotopic (exact) mass is 299 g/mol. The van der Waals surface area contributed by atoms with E-state index in [1.54, 1.807) is 18.2 Å². The lowest BCUT2D eigenvalue weighted by atomic mass is 10.2. The van der Waals surface area contributed by atoms with Gasteiger partial charge in [-0.25, -0.2) is 12.7 Å². The Morgan fingerprint density at radius 2 is 1.74 bits per heavy atom. The zero-order chi connectivity index (χ0) is 13.9. The number of carbonyl (C=O) groups is 1. The van der Waals surface area contributed by atoms with Crippen LogP contribution in [0, 0.1) is 0 Å². The number of fused-ring (bicyclic) bond motifs is 1. The Morgan fingerprint density at radius 1 is 1.05 bits per heavy atom. The highest BCUT2D eigenvalue weighted by atomic mass is 32.2. The predicted molar refractivity (Wildman–Crippen MR) is 77.0 cm³/mol. The average Bonchev–Trinajstić information content (AvgIpc) is 2.60. The van der Waals surface area contributed by atoms with Gasteiger partial charge in [-0.15, -0.1) is 0 Å². The molecule has 1 aromatic carbocycles. The number of sulfonamides is 1. The minimum atomic E-state index is -3.62. The van der Waals surface area contributed by atoms with E-state index in [0.29, 0.717) is 6.42 Å². The van der Waals surface area contributed by atoms with Gasteiger partial charge >= 0.3 is 0 Å². The molecule has 104 valence electrons. The summed E-state index contributed by atoms with van der Waals surface area (Å²) in [5.74, 6) is 0.441. The van der Waals surface area contributed by atoms with Crippen molar-refractivity contribution in [1.82, 2.24) is 4.31 Å². The molecule has 0 aliphatic carbocycles. The third-order valence-corrected chi connectivity index (χ3v) is 5.34. The summed E-state index contributed by atoms with van der Waals surface area (Å²) in [5.41, 5.74) is 0.290. The first-order chi connectivity index (χ1) is 9.09. The van der Waals surface area contributed by atoms with Gasteiger partial charge in [0.1, 0.15) is 4.90 Å². The van der Waals surface area contributed by atoms with E-state index in [9.17, 15) is 13.2 Å². The molecule has 0 atom stereocenters. The Bertz CT molecular complexity index is 569. The van der Waals surface area contributed by atoms with E-state index in [1.165, 1.54) is 6.07 Å². The number of hydrogen-bond acceptors (Lipinski definition) is 4. The van der Waals surface area contributed by atoms with Gasteiger partial charge in [0.25, 0.3) is 15.9 Å². The molecule has 0 bridgehead atoms. The number of benzene rings is 1. The number of nitrogens with zero attached hydrogens (tertiary/aromatic N) is 1. The standard InChI is InChI=1S/C13H17NO3S2/c15-13-11-7-3-4-8-12(11)19(16,17)14(13)9-5-1-2-6-10-18/h3-4,7-8,18H,1-2,5-6,9-10H2. The third kappa shape index (κ3) is 2.79. The maximum atomic E-state index is 12.2. The number of unbranched alkanes of at least 4 members (excludes halogenated alkanes) is 3. The van der Waals surface area contributed by atoms with Crippen LogP contribution in [0.3, 0.4) is 0 Å². The summed E-state index contributed by atoms with van der Waals surface area (Å²) in [4.78, 5) is 12.2. The van der Waals surface area contributed by atoms with Gasteiger partial charge in [0.2, 0.25) is 0 Å². The number of carbonyl (C=O) groups excluding carboxylic acids is 1. The molecule has 0 fully saturated rings. The van der Waals surface area contributed by atoms with Crippen LogP contribution in [-0.4, -0.2) is 30.9 Å². The van der Waals surface area contributed by atoms with Gasteiger partial charge in [-0.3, -0.25) is 4.79 Å². The van der Waals surface area contributed by atoms with Crippen molar-refractivity contribution >= 4 is 28.6 Å². The molecule has 0 N–H and O–H groups in total. The lowest BCUT2D eigenvalue weighted by Crippen LogP contribution is -2.30. The first-order valence-electron chi connectivity index (χ1n) is 6.36. The Labute approximate surface area is 119 Å². The van der Waals surface area contributed by atoms with Crippen LogP contribution in [0.4, 0.5) is 0 Å². The molecular formula is C13H17NO3S2. The highest BCUT2D eigenvalue weighted by Gasteiger charge is 2.40. The molecule has 19 heavy (non-hydrogen) atoms. The van der Waals surface area contributed by atoms with Crippen molar-refractivity contribution in [2.24, 2.45) is 0 Å². The van der Waals surface area contributed by atoms with E-state index in [2.05, 4.69) is 12.6 Å². The van der Waals surface area contributed by atoms with Crippen LogP contribution < -0.4 is 0 Å². The molecule has 4 nitrogen and oxygen atoms in total. The Hall–Kier alpha value is -1.01. The summed E-state index contributed by atoms with van der Waals surface area (Å²) in [6.07, 6.45) is 3.64. The van der Waals surface area contributed by atoms with Gasteiger partial charge < -0.3 is 0 Å². The molecule has 0 spiro atoms. The van der Waals surface area contributed by atoms with E-state index < -0.39 is 15.9 Å². The normalized spacial score (nSPS) is 16.7. The van der Waals surface area contributed by atoms with Gasteiger partial charge in [0, 0.05) is 6.54 Å². The molecule has 2 rings (SSSR count). The second kappa shape index (κ2) is 5.96. The SMILES string of the molecule is O=C1c2ccccc2S(=O)(=O)N1CCCCCCS. The molecular weight excluding hydrogens is 282 g/mol. The first-order valence-corrected chi connectivity index (χ1v) is 8.43. The van der Waals surface area contributed by atoms with Crippen molar-refractivity contribution in [3.63, 3.8) is 0 Å². The fourth-order valence-corrected chi connectivity index (χ4v) is 4.00. The van der Waals surface area contributed by atoms with Crippen LogP contribution in [0.25, 0.3) is 0 Å². The predicted octanol–water partition coefficient (Wildman–Crippen LogP) is 2.32. The minimum Gasteiger partial charge on any atom is -0.268 e. The molecule has 6 heteroatoms. The molecule has 1 aliphatic rings. The maximum absolute atomic E-state index is 12.2. The topological polar surface area (TPSA) is 54.5 Å². The largest absolute Gasteiger partial charge is 0.269 e. The Kier molecular flexibility index (Phi) is 4.52. The van der Waals surface area contributed by atoms with Crippen LogP contribution in [0.15, 0.2) is 29.2 Å². The van der Waals surface area contributed by atoms with Crippen LogP contribution in [-0.2, 0) is 10.0 Å². The Morgan fingerprint density at radius 3 is 2.42 bits per heavy atom. The van der Waals surface area contributed by atoms with Crippen LogP contribution in [0.5, 0.6) is 0 Å². The molecule has 0 unspecified atom stereocenters. The Balaban J connectivity index is 2.06. The highest BCUT2D eigenvalue weighted by Crippen LogP contribution is 2.30. The smallest absolute Gasteiger partial charge is 0.268 e. The summed E-state index contributed by atoms with van der Waals surface area (Å²) in [6.45, 7) is 0.266. The molecule has 0 saturated carbocycles. The summed E-state index contributed by atoms with van der Waals surface area (Å²) < 4.78 is 25.4. The summed E-state index contributed by atoms with van der Waals surface area (Å²) in [6, 6.07) is 6.38. The third-order valence-electron chi connectivity index (χ3n) is 3.18. The van der Waals surface area contributed by atoms with Crippen molar-refractivity contribution in [1.29, 1.82) is 0 Å². The van der Waals surface area contributed by atoms with E-state index in [-0.39, 0.29) is 17.0 Å². The van der Waals surface area contributed by atoms with Crippen LogP contribution in [0.1, 0.15) is 36.0 Å². The van der Waals surface area contributed by atoms with Crippen molar-refractivity contribution < 1.29 is 13.2 Å². The zero-order valence-corrected chi connectivity index (χ0v) is 12.3. The molecule has 0 radical (unpaired) electrons. The van der Waals surface area contributed by atoms with Gasteiger partial charge in [0.15, 0.2) is 0 Å². The molecule has 1 aromatic rings. The van der Waals surface area contributed by atoms with E-state index in [0.717, 1.165) is 29.3 Å². The van der Waals surface area contributed by atoms with Crippen molar-refractivity contribution in [2.75, 3.05) is 12.3 Å². The number of amides is 1. The van der Waals surface area contributed by atoms with Crippen molar-refractivity contribution in [2.45, 2.75) is 30.6 Å². The zero-order valence-electron chi connectivity index (χ0n) is 10.6. The highest BCUT2D eigenvalue weighted by molar-refractivity contribution is 7.90. The molecule has 1 heterocycles. The van der Waals surface area contributed by atoms with Gasteiger partial charge in [-0.05, 0) is 30.7 Å². The number of thiol groups is 1. The second-order valence-corrected chi connectivity index (χ2v) is 6.79. The van der Waals surface area contributed by atoms with Crippen molar-refractivity contribution in [3.8, 4) is 0 Å². The maximum Gasteiger partial charge on any atom is 0.269 e. The van der Waals surface area contributed by atoms with Crippen LogP contribution >= 0.6 is 12.6 Å². The molecule has 0 aromatic heterocycles. The number of rotatable bonds is 6.